The van der Waals surface area contributed by atoms with E-state index in [1.165, 1.54) is 6.26 Å². The van der Waals surface area contributed by atoms with Crippen LogP contribution in [0.3, 0.4) is 0 Å². The molecule has 0 aliphatic heterocycles. The third-order valence-electron chi connectivity index (χ3n) is 6.79. The Morgan fingerprint density at radius 3 is 2.32 bits per heavy atom. The Morgan fingerprint density at radius 2 is 1.68 bits per heavy atom. The number of nitrogens with zero attached hydrogens (tertiary/aromatic N) is 1. The minimum atomic E-state index is -3.45. The maximum absolute atomic E-state index is 12.7. The highest BCUT2D eigenvalue weighted by atomic mass is 32.2. The van der Waals surface area contributed by atoms with Crippen molar-refractivity contribution in [2.45, 2.75) is 38.3 Å². The molecule has 0 amide bonds. The van der Waals surface area contributed by atoms with Crippen LogP contribution < -0.4 is 4.74 Å². The third-order valence-corrected chi connectivity index (χ3v) is 8.07. The lowest BCUT2D eigenvalue weighted by Gasteiger charge is -2.29. The molecule has 2 atom stereocenters. The molecular weight excluding hydrogens is 446 g/mol. The molecule has 6 heteroatoms. The second kappa shape index (κ2) is 10.1. The predicted molar refractivity (Wildman–Crippen MR) is 135 cm³/mol. The summed E-state index contributed by atoms with van der Waals surface area (Å²) in [5.74, 6) is 0.730. The van der Waals surface area contributed by atoms with Gasteiger partial charge in [0.1, 0.15) is 12.0 Å². The lowest BCUT2D eigenvalue weighted by molar-refractivity contribution is -0.116. The van der Waals surface area contributed by atoms with Crippen molar-refractivity contribution >= 4 is 16.3 Å². The molecule has 1 fully saturated rings. The molecule has 0 bridgehead atoms. The molecule has 5 nitrogen and oxygen atoms in total. The number of ether oxygens (including phenoxy) is 1. The zero-order valence-electron chi connectivity index (χ0n) is 19.7. The van der Waals surface area contributed by atoms with E-state index in [9.17, 15) is 13.2 Å². The van der Waals surface area contributed by atoms with E-state index < -0.39 is 15.4 Å². The van der Waals surface area contributed by atoms with Crippen LogP contribution in [0.25, 0.3) is 11.1 Å². The van der Waals surface area contributed by atoms with Gasteiger partial charge in [-0.1, -0.05) is 66.7 Å². The van der Waals surface area contributed by atoms with E-state index in [1.54, 1.807) is 11.4 Å². The van der Waals surface area contributed by atoms with Gasteiger partial charge in [0.25, 0.3) is 0 Å². The summed E-state index contributed by atoms with van der Waals surface area (Å²) in [7, 11) is -1.85. The molecule has 4 rings (SSSR count). The molecule has 0 spiro atoms. The number of aldehydes is 1. The van der Waals surface area contributed by atoms with Crippen molar-refractivity contribution in [2.24, 2.45) is 5.41 Å². The van der Waals surface area contributed by atoms with Gasteiger partial charge < -0.3 is 9.53 Å². The molecule has 1 saturated carbocycles. The smallest absolute Gasteiger partial charge is 0.211 e. The molecule has 3 aromatic rings. The van der Waals surface area contributed by atoms with Crippen molar-refractivity contribution in [3.63, 3.8) is 0 Å². The molecule has 0 unspecified atom stereocenters. The van der Waals surface area contributed by atoms with Crippen LogP contribution in [0.5, 0.6) is 5.75 Å². The van der Waals surface area contributed by atoms with Crippen LogP contribution >= 0.6 is 0 Å². The Labute approximate surface area is 202 Å². The Morgan fingerprint density at radius 1 is 0.971 bits per heavy atom. The highest BCUT2D eigenvalue weighted by molar-refractivity contribution is 7.88. The van der Waals surface area contributed by atoms with E-state index in [0.717, 1.165) is 34.3 Å². The zero-order valence-corrected chi connectivity index (χ0v) is 20.5. The number of rotatable bonds is 9. The summed E-state index contributed by atoms with van der Waals surface area (Å²) < 4.78 is 32.2. The Balaban J connectivity index is 1.53. The van der Waals surface area contributed by atoms with Gasteiger partial charge in [-0.2, -0.15) is 4.31 Å². The Bertz CT molecular complexity index is 1220. The highest BCUT2D eigenvalue weighted by Gasteiger charge is 2.43. The SMILES string of the molecule is COc1ccc(CN([C@H]2CC[C@@](C=O)(Cc3cccc(-c4ccccc4)c3)C2)S(C)(=O)=O)cc1. The fraction of sp³-hybridized carbons (Fsp3) is 0.321. The van der Waals surface area contributed by atoms with Crippen LogP contribution in [-0.2, 0) is 27.8 Å². The summed E-state index contributed by atoms with van der Waals surface area (Å²) in [4.78, 5) is 12.4. The number of carbonyl (C=O) groups is 1. The molecule has 0 radical (unpaired) electrons. The molecular formula is C28H31NO4S. The number of hydrogen-bond donors (Lipinski definition) is 0. The van der Waals surface area contributed by atoms with Crippen LogP contribution in [0, 0.1) is 5.41 Å². The first-order valence-electron chi connectivity index (χ1n) is 11.5. The molecule has 178 valence electrons. The summed E-state index contributed by atoms with van der Waals surface area (Å²) >= 11 is 0. The van der Waals surface area contributed by atoms with Crippen LogP contribution in [0.4, 0.5) is 0 Å². The van der Waals surface area contributed by atoms with Gasteiger partial charge in [-0.15, -0.1) is 0 Å². The van der Waals surface area contributed by atoms with Crippen molar-refractivity contribution in [3.8, 4) is 16.9 Å². The minimum absolute atomic E-state index is 0.209. The van der Waals surface area contributed by atoms with E-state index in [-0.39, 0.29) is 12.6 Å². The van der Waals surface area contributed by atoms with Crippen LogP contribution in [0.1, 0.15) is 30.4 Å². The molecule has 0 aromatic heterocycles. The molecule has 0 N–H and O–H groups in total. The van der Waals surface area contributed by atoms with Crippen molar-refractivity contribution in [2.75, 3.05) is 13.4 Å². The standard InChI is InChI=1S/C28H31NO4S/c1-33-27-13-11-22(12-14-27)20-29(34(2,31)32)26-15-16-28(19-26,21-30)18-23-7-6-10-25(17-23)24-8-4-3-5-9-24/h3-14,17,21,26H,15-16,18-20H2,1-2H3/t26-,28+/m0/s1. The number of hydrogen-bond acceptors (Lipinski definition) is 4. The molecule has 1 aliphatic carbocycles. The number of benzene rings is 3. The summed E-state index contributed by atoms with van der Waals surface area (Å²) in [6, 6.07) is 25.7. The summed E-state index contributed by atoms with van der Waals surface area (Å²) in [5.41, 5.74) is 3.67. The minimum Gasteiger partial charge on any atom is -0.497 e. The predicted octanol–water partition coefficient (Wildman–Crippen LogP) is 5.10. The quantitative estimate of drug-likeness (QED) is 0.402. The van der Waals surface area contributed by atoms with Crippen LogP contribution in [0.15, 0.2) is 78.9 Å². The number of carbonyl (C=O) groups excluding carboxylic acids is 1. The average molecular weight is 478 g/mol. The monoisotopic (exact) mass is 477 g/mol. The first-order valence-corrected chi connectivity index (χ1v) is 13.4. The summed E-state index contributed by atoms with van der Waals surface area (Å²) in [6.07, 6.45) is 4.77. The Hall–Kier alpha value is -2.96. The maximum atomic E-state index is 12.7. The molecule has 0 saturated heterocycles. The van der Waals surface area contributed by atoms with Gasteiger partial charge >= 0.3 is 0 Å². The lowest BCUT2D eigenvalue weighted by atomic mass is 9.81. The third kappa shape index (κ3) is 5.57. The van der Waals surface area contributed by atoms with E-state index in [2.05, 4.69) is 30.3 Å². The first kappa shape index (κ1) is 24.2. The largest absolute Gasteiger partial charge is 0.497 e. The van der Waals surface area contributed by atoms with Crippen LogP contribution in [-0.4, -0.2) is 38.4 Å². The average Bonchev–Trinajstić information content (AvgIpc) is 3.26. The van der Waals surface area contributed by atoms with Crippen molar-refractivity contribution in [3.05, 3.63) is 90.0 Å². The van der Waals surface area contributed by atoms with Crippen LogP contribution in [0.2, 0.25) is 0 Å². The second-order valence-corrected chi connectivity index (χ2v) is 11.2. The van der Waals surface area contributed by atoms with Crippen molar-refractivity contribution in [1.29, 1.82) is 0 Å². The van der Waals surface area contributed by atoms with Gasteiger partial charge in [0, 0.05) is 18.0 Å². The van der Waals surface area contributed by atoms with E-state index >= 15 is 0 Å². The molecule has 1 aliphatic rings. The number of sulfonamides is 1. The van der Waals surface area contributed by atoms with E-state index in [4.69, 9.17) is 4.74 Å². The molecule has 0 heterocycles. The fourth-order valence-corrected chi connectivity index (χ4v) is 6.11. The summed E-state index contributed by atoms with van der Waals surface area (Å²) in [6.45, 7) is 0.284. The van der Waals surface area contributed by atoms with E-state index in [0.29, 0.717) is 25.7 Å². The van der Waals surface area contributed by atoms with Crippen molar-refractivity contribution < 1.29 is 17.9 Å². The zero-order chi connectivity index (χ0) is 24.2. The van der Waals surface area contributed by atoms with Gasteiger partial charge in [0.05, 0.1) is 13.4 Å². The first-order chi connectivity index (χ1) is 16.3. The van der Waals surface area contributed by atoms with Gasteiger partial charge in [-0.3, -0.25) is 0 Å². The Kier molecular flexibility index (Phi) is 7.19. The highest BCUT2D eigenvalue weighted by Crippen LogP contribution is 2.43. The second-order valence-electron chi connectivity index (χ2n) is 9.28. The molecule has 34 heavy (non-hydrogen) atoms. The molecule has 3 aromatic carbocycles. The summed E-state index contributed by atoms with van der Waals surface area (Å²) in [5, 5.41) is 0. The van der Waals surface area contributed by atoms with E-state index in [1.807, 2.05) is 48.5 Å². The normalized spacial score (nSPS) is 20.4. The lowest BCUT2D eigenvalue weighted by Crippen LogP contribution is -2.39. The van der Waals surface area contributed by atoms with Gasteiger partial charge in [-0.05, 0) is 60.1 Å². The fourth-order valence-electron chi connectivity index (χ4n) is 5.01. The van der Waals surface area contributed by atoms with Gasteiger partial charge in [0.15, 0.2) is 0 Å². The number of methoxy groups -OCH3 is 1. The van der Waals surface area contributed by atoms with Gasteiger partial charge in [-0.25, -0.2) is 8.42 Å². The topological polar surface area (TPSA) is 63.7 Å². The van der Waals surface area contributed by atoms with Crippen molar-refractivity contribution in [1.82, 2.24) is 4.31 Å². The maximum Gasteiger partial charge on any atom is 0.211 e. The van der Waals surface area contributed by atoms with Gasteiger partial charge in [0.2, 0.25) is 10.0 Å².